The zero-order valence-electron chi connectivity index (χ0n) is 29.7. The Kier molecular flexibility index (Phi) is 28.4. The van der Waals surface area contributed by atoms with Crippen molar-refractivity contribution < 1.29 is 34.1 Å². The molecule has 0 fully saturated rings. The van der Waals surface area contributed by atoms with E-state index in [-0.39, 0.29) is 18.8 Å². The Balaban J connectivity index is 4.50. The highest BCUT2D eigenvalue weighted by molar-refractivity contribution is 5.88. The first-order valence-electron chi connectivity index (χ1n) is 18.3. The van der Waals surface area contributed by atoms with Gasteiger partial charge in [-0.1, -0.05) is 130 Å². The average Bonchev–Trinajstić information content (AvgIpc) is 2.99. The van der Waals surface area contributed by atoms with Crippen LogP contribution in [-0.2, 0) is 23.9 Å². The number of carboxylic acids is 1. The molecule has 0 rings (SSSR count). The van der Waals surface area contributed by atoms with E-state index in [0.29, 0.717) is 12.8 Å². The van der Waals surface area contributed by atoms with Crippen LogP contribution in [0, 0.1) is 11.8 Å². The Morgan fingerprint density at radius 1 is 0.652 bits per heavy atom. The molecule has 0 spiro atoms. The molecule has 0 aromatic heterocycles. The maximum Gasteiger partial charge on any atom is 0.328 e. The van der Waals surface area contributed by atoms with E-state index in [1.54, 1.807) is 0 Å². The van der Waals surface area contributed by atoms with Crippen molar-refractivity contribution in [1.29, 1.82) is 0 Å². The SMILES string of the molecule is CC(C)CCCCCCC/C=C\CCC(=O)OC(CCCCCCCCCCCC(C)C)CC(=O)NCC(=O)NC(CO)C(=O)O. The van der Waals surface area contributed by atoms with Crippen molar-refractivity contribution >= 4 is 23.8 Å². The highest BCUT2D eigenvalue weighted by Gasteiger charge is 2.21. The molecule has 2 amide bonds. The first kappa shape index (κ1) is 43.6. The molecular weight excluding hydrogens is 584 g/mol. The van der Waals surface area contributed by atoms with Crippen molar-refractivity contribution in [3.63, 3.8) is 0 Å². The van der Waals surface area contributed by atoms with Gasteiger partial charge in [0.05, 0.1) is 19.6 Å². The Bertz CT molecular complexity index is 829. The molecule has 46 heavy (non-hydrogen) atoms. The number of unbranched alkanes of at least 4 members (excludes halogenated alkanes) is 13. The first-order valence-corrected chi connectivity index (χ1v) is 18.3. The molecule has 9 nitrogen and oxygen atoms in total. The van der Waals surface area contributed by atoms with Crippen LogP contribution in [0.25, 0.3) is 0 Å². The molecule has 0 aromatic carbocycles. The van der Waals surface area contributed by atoms with Crippen molar-refractivity contribution in [3.8, 4) is 0 Å². The number of carbonyl (C=O) groups is 4. The van der Waals surface area contributed by atoms with Gasteiger partial charge in [-0.15, -0.1) is 0 Å². The maximum atomic E-state index is 12.6. The number of aliphatic carboxylic acids is 1. The molecule has 0 saturated carbocycles. The second-order valence-electron chi connectivity index (χ2n) is 13.6. The van der Waals surface area contributed by atoms with Gasteiger partial charge in [0.15, 0.2) is 0 Å². The fourth-order valence-corrected chi connectivity index (χ4v) is 5.28. The van der Waals surface area contributed by atoms with Crippen LogP contribution in [-0.4, -0.2) is 59.3 Å². The number of carbonyl (C=O) groups excluding carboxylic acids is 3. The standard InChI is InChI=1S/C37H68N2O7/c1-30(2)23-19-15-11-7-5-9-13-17-21-25-32(27-34(41)38-28-35(42)39-33(29-40)37(44)45)46-36(43)26-22-18-14-10-6-8-12-16-20-24-31(3)4/h14,18,30-33,40H,5-13,15-17,19-29H2,1-4H3,(H,38,41)(H,39,42)(H,44,45)/b18-14-. The van der Waals surface area contributed by atoms with E-state index in [1.165, 1.54) is 77.0 Å². The molecule has 4 N–H and O–H groups in total. The summed E-state index contributed by atoms with van der Waals surface area (Å²) in [4.78, 5) is 48.1. The Hall–Kier alpha value is -2.42. The Labute approximate surface area is 280 Å². The zero-order valence-corrected chi connectivity index (χ0v) is 29.7. The number of allylic oxidation sites excluding steroid dienone is 2. The summed E-state index contributed by atoms with van der Waals surface area (Å²) in [7, 11) is 0. The molecule has 2 unspecified atom stereocenters. The molecule has 0 aliphatic heterocycles. The quantitative estimate of drug-likeness (QED) is 0.0343. The summed E-state index contributed by atoms with van der Waals surface area (Å²) >= 11 is 0. The van der Waals surface area contributed by atoms with Gasteiger partial charge >= 0.3 is 11.9 Å². The van der Waals surface area contributed by atoms with Crippen molar-refractivity contribution in [3.05, 3.63) is 12.2 Å². The number of hydrogen-bond donors (Lipinski definition) is 4. The molecule has 0 aromatic rings. The van der Waals surface area contributed by atoms with Crippen LogP contribution in [0.4, 0.5) is 0 Å². The van der Waals surface area contributed by atoms with Gasteiger partial charge in [0, 0.05) is 6.42 Å². The average molecular weight is 653 g/mol. The first-order chi connectivity index (χ1) is 22.0. The number of esters is 1. The smallest absolute Gasteiger partial charge is 0.328 e. The van der Waals surface area contributed by atoms with E-state index in [0.717, 1.165) is 43.9 Å². The Morgan fingerprint density at radius 2 is 1.13 bits per heavy atom. The summed E-state index contributed by atoms with van der Waals surface area (Å²) in [5.74, 6) is -1.31. The van der Waals surface area contributed by atoms with Gasteiger partial charge in [0.2, 0.25) is 11.8 Å². The van der Waals surface area contributed by atoms with E-state index in [4.69, 9.17) is 14.9 Å². The normalized spacial score (nSPS) is 12.8. The largest absolute Gasteiger partial charge is 0.480 e. The fraction of sp³-hybridized carbons (Fsp3) is 0.838. The lowest BCUT2D eigenvalue weighted by atomic mass is 10.0. The number of amides is 2. The van der Waals surface area contributed by atoms with Gasteiger partial charge in [-0.3, -0.25) is 14.4 Å². The van der Waals surface area contributed by atoms with Gasteiger partial charge in [0.25, 0.3) is 0 Å². The van der Waals surface area contributed by atoms with E-state index in [9.17, 15) is 19.2 Å². The molecular formula is C37H68N2O7. The van der Waals surface area contributed by atoms with Crippen LogP contribution in [0.5, 0.6) is 0 Å². The zero-order chi connectivity index (χ0) is 34.4. The maximum absolute atomic E-state index is 12.6. The number of hydrogen-bond acceptors (Lipinski definition) is 6. The van der Waals surface area contributed by atoms with Gasteiger partial charge in [0.1, 0.15) is 12.1 Å². The van der Waals surface area contributed by atoms with Crippen LogP contribution in [0.15, 0.2) is 12.2 Å². The van der Waals surface area contributed by atoms with E-state index < -0.39 is 43.1 Å². The van der Waals surface area contributed by atoms with Crippen LogP contribution in [0.3, 0.4) is 0 Å². The summed E-state index contributed by atoms with van der Waals surface area (Å²) in [6, 6.07) is -1.43. The summed E-state index contributed by atoms with van der Waals surface area (Å²) in [5.41, 5.74) is 0. The minimum atomic E-state index is -1.43. The van der Waals surface area contributed by atoms with Gasteiger partial charge in [-0.2, -0.15) is 0 Å². The summed E-state index contributed by atoms with van der Waals surface area (Å²) in [6.07, 6.45) is 25.4. The van der Waals surface area contributed by atoms with Crippen molar-refractivity contribution in [2.45, 2.75) is 175 Å². The third-order valence-electron chi connectivity index (χ3n) is 8.11. The molecule has 0 bridgehead atoms. The second-order valence-corrected chi connectivity index (χ2v) is 13.6. The number of carboxylic acid groups (broad SMARTS) is 1. The van der Waals surface area contributed by atoms with Crippen molar-refractivity contribution in [1.82, 2.24) is 10.6 Å². The monoisotopic (exact) mass is 653 g/mol. The van der Waals surface area contributed by atoms with Gasteiger partial charge in [-0.05, 0) is 43.9 Å². The predicted molar refractivity (Wildman–Crippen MR) is 185 cm³/mol. The summed E-state index contributed by atoms with van der Waals surface area (Å²) in [6.45, 7) is 7.89. The molecule has 0 radical (unpaired) electrons. The van der Waals surface area contributed by atoms with Crippen molar-refractivity contribution in [2.24, 2.45) is 11.8 Å². The molecule has 0 aliphatic rings. The minimum Gasteiger partial charge on any atom is -0.480 e. The van der Waals surface area contributed by atoms with Crippen molar-refractivity contribution in [2.75, 3.05) is 13.2 Å². The van der Waals surface area contributed by atoms with E-state index >= 15 is 0 Å². The van der Waals surface area contributed by atoms with Gasteiger partial charge in [-0.25, -0.2) is 4.79 Å². The van der Waals surface area contributed by atoms with Crippen LogP contribution < -0.4 is 10.6 Å². The van der Waals surface area contributed by atoms with Crippen LogP contribution in [0.1, 0.15) is 163 Å². The minimum absolute atomic E-state index is 0.0647. The van der Waals surface area contributed by atoms with E-state index in [1.807, 2.05) is 6.08 Å². The predicted octanol–water partition coefficient (Wildman–Crippen LogP) is 7.64. The second kappa shape index (κ2) is 29.9. The third-order valence-corrected chi connectivity index (χ3v) is 8.11. The lowest BCUT2D eigenvalue weighted by Gasteiger charge is -2.18. The van der Waals surface area contributed by atoms with Crippen LogP contribution in [0.2, 0.25) is 0 Å². The molecule has 0 aliphatic carbocycles. The molecule has 9 heteroatoms. The third kappa shape index (κ3) is 29.0. The Morgan fingerprint density at radius 3 is 1.63 bits per heavy atom. The van der Waals surface area contributed by atoms with Crippen LogP contribution >= 0.6 is 0 Å². The topological polar surface area (TPSA) is 142 Å². The summed E-state index contributed by atoms with van der Waals surface area (Å²) < 4.78 is 5.70. The lowest BCUT2D eigenvalue weighted by Crippen LogP contribution is -2.47. The molecule has 268 valence electrons. The summed E-state index contributed by atoms with van der Waals surface area (Å²) in [5, 5.41) is 22.6. The lowest BCUT2D eigenvalue weighted by molar-refractivity contribution is -0.150. The molecule has 2 atom stereocenters. The number of aliphatic hydroxyl groups excluding tert-OH is 1. The number of nitrogens with one attached hydrogen (secondary N) is 2. The fourth-order valence-electron chi connectivity index (χ4n) is 5.28. The highest BCUT2D eigenvalue weighted by atomic mass is 16.5. The molecule has 0 saturated heterocycles. The number of ether oxygens (including phenoxy) is 1. The van der Waals surface area contributed by atoms with E-state index in [2.05, 4.69) is 44.4 Å². The number of rotatable bonds is 31. The molecule has 0 heterocycles. The number of aliphatic hydroxyl groups is 1. The highest BCUT2D eigenvalue weighted by Crippen LogP contribution is 2.16. The van der Waals surface area contributed by atoms with Gasteiger partial charge < -0.3 is 25.6 Å².